The first-order chi connectivity index (χ1) is 11.9. The Labute approximate surface area is 152 Å². The smallest absolute Gasteiger partial charge is 0.262 e. The topological polar surface area (TPSA) is 84.4 Å². The van der Waals surface area contributed by atoms with E-state index in [0.29, 0.717) is 54.3 Å². The third-order valence-corrected chi connectivity index (χ3v) is 5.53. The molecule has 0 radical (unpaired) electrons. The van der Waals surface area contributed by atoms with Crippen LogP contribution in [-0.2, 0) is 14.8 Å². The minimum absolute atomic E-state index is 0.132. The zero-order chi connectivity index (χ0) is 18.0. The monoisotopic (exact) mass is 382 g/mol. The van der Waals surface area contributed by atoms with Gasteiger partial charge >= 0.3 is 0 Å². The predicted octanol–water partition coefficient (Wildman–Crippen LogP) is 2.38. The van der Waals surface area contributed by atoms with Gasteiger partial charge in [0.15, 0.2) is 0 Å². The molecule has 25 heavy (non-hydrogen) atoms. The van der Waals surface area contributed by atoms with Crippen molar-refractivity contribution >= 4 is 33.3 Å². The number of ether oxygens (including phenoxy) is 1. The molecule has 0 saturated carbocycles. The number of nitrogens with zero attached hydrogens (tertiary/aromatic N) is 3. The van der Waals surface area contributed by atoms with Crippen LogP contribution >= 0.6 is 11.6 Å². The normalized spacial score (nSPS) is 15.2. The Balaban J connectivity index is 1.88. The zero-order valence-corrected chi connectivity index (χ0v) is 15.6. The highest BCUT2D eigenvalue weighted by atomic mass is 35.5. The van der Waals surface area contributed by atoms with Crippen LogP contribution in [0.5, 0.6) is 0 Å². The molecule has 7 nitrogen and oxygen atoms in total. The third-order valence-electron chi connectivity index (χ3n) is 3.91. The SMILES string of the molecule is Cc1nc(N2CCOCC2)nc(C)c1NS(=O)(=O)c1ccc(Cl)cc1. The van der Waals surface area contributed by atoms with Crippen LogP contribution in [0.3, 0.4) is 0 Å². The van der Waals surface area contributed by atoms with Gasteiger partial charge in [-0.2, -0.15) is 0 Å². The van der Waals surface area contributed by atoms with E-state index in [1.54, 1.807) is 13.8 Å². The molecule has 1 aliphatic rings. The predicted molar refractivity (Wildman–Crippen MR) is 96.8 cm³/mol. The Bertz CT molecular complexity index is 842. The average Bonchev–Trinajstić information content (AvgIpc) is 2.59. The standard InChI is InChI=1S/C16H19ClN4O3S/c1-11-15(20-25(22,23)14-5-3-13(17)4-6-14)12(2)19-16(18-11)21-7-9-24-10-8-21/h3-6,20H,7-10H2,1-2H3. The molecule has 1 aromatic heterocycles. The highest BCUT2D eigenvalue weighted by Crippen LogP contribution is 2.24. The maximum atomic E-state index is 12.6. The summed E-state index contributed by atoms with van der Waals surface area (Å²) in [6.45, 7) is 6.22. The van der Waals surface area contributed by atoms with Crippen LogP contribution in [0.4, 0.5) is 11.6 Å². The molecule has 2 aromatic rings. The van der Waals surface area contributed by atoms with Crippen molar-refractivity contribution in [3.8, 4) is 0 Å². The Hall–Kier alpha value is -1.90. The van der Waals surface area contributed by atoms with Gasteiger partial charge in [0, 0.05) is 18.1 Å². The van der Waals surface area contributed by atoms with E-state index in [1.165, 1.54) is 24.3 Å². The summed E-state index contributed by atoms with van der Waals surface area (Å²) in [4.78, 5) is 11.1. The molecule has 3 rings (SSSR count). The lowest BCUT2D eigenvalue weighted by Crippen LogP contribution is -2.37. The summed E-state index contributed by atoms with van der Waals surface area (Å²) in [6.07, 6.45) is 0. The summed E-state index contributed by atoms with van der Waals surface area (Å²) in [5.41, 5.74) is 1.55. The maximum absolute atomic E-state index is 12.6. The lowest BCUT2D eigenvalue weighted by molar-refractivity contribution is 0.122. The number of hydrogen-bond acceptors (Lipinski definition) is 6. The quantitative estimate of drug-likeness (QED) is 0.873. The van der Waals surface area contributed by atoms with Crippen molar-refractivity contribution in [1.82, 2.24) is 9.97 Å². The Morgan fingerprint density at radius 3 is 2.20 bits per heavy atom. The summed E-state index contributed by atoms with van der Waals surface area (Å²) in [5.74, 6) is 0.591. The van der Waals surface area contributed by atoms with Gasteiger partial charge in [-0.15, -0.1) is 0 Å². The molecule has 0 bridgehead atoms. The number of aromatic nitrogens is 2. The van der Waals surface area contributed by atoms with Gasteiger partial charge in [0.2, 0.25) is 5.95 Å². The molecule has 2 heterocycles. The van der Waals surface area contributed by atoms with Crippen LogP contribution in [0.15, 0.2) is 29.2 Å². The first-order valence-electron chi connectivity index (χ1n) is 7.83. The number of sulfonamides is 1. The van der Waals surface area contributed by atoms with Crippen LogP contribution in [0, 0.1) is 13.8 Å². The summed E-state index contributed by atoms with van der Waals surface area (Å²) in [6, 6.07) is 5.98. The van der Waals surface area contributed by atoms with Crippen molar-refractivity contribution in [1.29, 1.82) is 0 Å². The van der Waals surface area contributed by atoms with E-state index in [9.17, 15) is 8.42 Å². The largest absolute Gasteiger partial charge is 0.378 e. The molecule has 1 fully saturated rings. The van der Waals surface area contributed by atoms with Crippen molar-refractivity contribution in [3.63, 3.8) is 0 Å². The van der Waals surface area contributed by atoms with Crippen molar-refractivity contribution < 1.29 is 13.2 Å². The second kappa shape index (κ2) is 7.15. The van der Waals surface area contributed by atoms with Crippen molar-refractivity contribution in [2.24, 2.45) is 0 Å². The molecule has 0 unspecified atom stereocenters. The fourth-order valence-corrected chi connectivity index (χ4v) is 3.86. The maximum Gasteiger partial charge on any atom is 0.262 e. The number of benzene rings is 1. The van der Waals surface area contributed by atoms with Gasteiger partial charge in [-0.25, -0.2) is 18.4 Å². The Kier molecular flexibility index (Phi) is 5.12. The lowest BCUT2D eigenvalue weighted by atomic mass is 10.3. The number of anilines is 2. The van der Waals surface area contributed by atoms with E-state index in [1.807, 2.05) is 4.90 Å². The molecule has 9 heteroatoms. The average molecular weight is 383 g/mol. The van der Waals surface area contributed by atoms with E-state index in [0.717, 1.165) is 0 Å². The van der Waals surface area contributed by atoms with Gasteiger partial charge in [-0.05, 0) is 38.1 Å². The second-order valence-electron chi connectivity index (χ2n) is 5.73. The van der Waals surface area contributed by atoms with E-state index in [-0.39, 0.29) is 4.90 Å². The second-order valence-corrected chi connectivity index (χ2v) is 7.85. The molecular formula is C16H19ClN4O3S. The molecule has 1 aliphatic heterocycles. The van der Waals surface area contributed by atoms with E-state index >= 15 is 0 Å². The molecule has 0 atom stereocenters. The van der Waals surface area contributed by atoms with Crippen LogP contribution < -0.4 is 9.62 Å². The van der Waals surface area contributed by atoms with Crippen molar-refractivity contribution in [2.75, 3.05) is 35.9 Å². The van der Waals surface area contributed by atoms with Gasteiger partial charge in [0.05, 0.1) is 35.2 Å². The van der Waals surface area contributed by atoms with Gasteiger partial charge in [-0.3, -0.25) is 4.72 Å². The van der Waals surface area contributed by atoms with Crippen LogP contribution in [0.1, 0.15) is 11.4 Å². The fourth-order valence-electron chi connectivity index (χ4n) is 2.56. The van der Waals surface area contributed by atoms with Crippen LogP contribution in [-0.4, -0.2) is 44.7 Å². The minimum Gasteiger partial charge on any atom is -0.378 e. The number of hydrogen-bond donors (Lipinski definition) is 1. The summed E-state index contributed by atoms with van der Waals surface area (Å²) >= 11 is 5.81. The first-order valence-corrected chi connectivity index (χ1v) is 9.69. The first kappa shape index (κ1) is 17.9. The van der Waals surface area contributed by atoms with Crippen molar-refractivity contribution in [3.05, 3.63) is 40.7 Å². The molecule has 134 valence electrons. The Morgan fingerprint density at radius 2 is 1.64 bits per heavy atom. The summed E-state index contributed by atoms with van der Waals surface area (Å²) in [7, 11) is -3.74. The fraction of sp³-hybridized carbons (Fsp3) is 0.375. The van der Waals surface area contributed by atoms with Gasteiger partial charge in [0.1, 0.15) is 0 Å². The van der Waals surface area contributed by atoms with Gasteiger partial charge in [0.25, 0.3) is 10.0 Å². The van der Waals surface area contributed by atoms with Crippen LogP contribution in [0.2, 0.25) is 5.02 Å². The molecule has 1 N–H and O–H groups in total. The third kappa shape index (κ3) is 4.02. The number of nitrogens with one attached hydrogen (secondary N) is 1. The van der Waals surface area contributed by atoms with Gasteiger partial charge < -0.3 is 9.64 Å². The molecule has 1 aromatic carbocycles. The number of halogens is 1. The number of aryl methyl sites for hydroxylation is 2. The van der Waals surface area contributed by atoms with Crippen molar-refractivity contribution in [2.45, 2.75) is 18.7 Å². The number of rotatable bonds is 4. The molecule has 0 spiro atoms. The minimum atomic E-state index is -3.74. The van der Waals surface area contributed by atoms with E-state index < -0.39 is 10.0 Å². The molecule has 1 saturated heterocycles. The summed E-state index contributed by atoms with van der Waals surface area (Å²) < 4.78 is 33.0. The van der Waals surface area contributed by atoms with Gasteiger partial charge in [-0.1, -0.05) is 11.6 Å². The molecule has 0 amide bonds. The molecular weight excluding hydrogens is 364 g/mol. The summed E-state index contributed by atoms with van der Waals surface area (Å²) in [5, 5.41) is 0.476. The lowest BCUT2D eigenvalue weighted by Gasteiger charge is -2.27. The number of morpholine rings is 1. The van der Waals surface area contributed by atoms with Crippen LogP contribution in [0.25, 0.3) is 0 Å². The molecule has 0 aliphatic carbocycles. The highest BCUT2D eigenvalue weighted by Gasteiger charge is 2.20. The Morgan fingerprint density at radius 1 is 1.08 bits per heavy atom. The van der Waals surface area contributed by atoms with E-state index in [4.69, 9.17) is 16.3 Å². The highest BCUT2D eigenvalue weighted by molar-refractivity contribution is 7.92. The van der Waals surface area contributed by atoms with E-state index in [2.05, 4.69) is 14.7 Å². The zero-order valence-electron chi connectivity index (χ0n) is 14.0.